The van der Waals surface area contributed by atoms with Crippen molar-refractivity contribution in [2.75, 3.05) is 11.9 Å². The van der Waals surface area contributed by atoms with Crippen molar-refractivity contribution < 1.29 is 0 Å². The van der Waals surface area contributed by atoms with Crippen LogP contribution < -0.4 is 5.32 Å². The van der Waals surface area contributed by atoms with Crippen LogP contribution in [0.5, 0.6) is 0 Å². The Morgan fingerprint density at radius 3 is 2.58 bits per heavy atom. The smallest absolute Gasteiger partial charge is 0.145 e. The summed E-state index contributed by atoms with van der Waals surface area (Å²) in [7, 11) is 0. The van der Waals surface area contributed by atoms with Crippen molar-refractivity contribution in [3.05, 3.63) is 51.9 Å². The van der Waals surface area contributed by atoms with E-state index in [0.717, 1.165) is 24.2 Å². The molecule has 2 heterocycles. The highest BCUT2D eigenvalue weighted by atomic mass is 35.5. The molecule has 2 aromatic rings. The first-order valence-corrected chi connectivity index (χ1v) is 6.94. The molecule has 0 aromatic carbocycles. The molecule has 0 amide bonds. The summed E-state index contributed by atoms with van der Waals surface area (Å²) in [5.41, 5.74) is 1.93. The molecule has 0 spiro atoms. The van der Waals surface area contributed by atoms with Gasteiger partial charge in [0.1, 0.15) is 5.82 Å². The van der Waals surface area contributed by atoms with Crippen LogP contribution in [0, 0.1) is 0 Å². The van der Waals surface area contributed by atoms with E-state index >= 15 is 0 Å². The zero-order valence-electron chi connectivity index (χ0n) is 10.7. The van der Waals surface area contributed by atoms with Crippen LogP contribution in [-0.2, 0) is 6.42 Å². The largest absolute Gasteiger partial charge is 0.369 e. The Hall–Kier alpha value is -1.32. The van der Waals surface area contributed by atoms with E-state index in [1.165, 1.54) is 0 Å². The maximum atomic E-state index is 6.20. The highest BCUT2D eigenvalue weighted by Gasteiger charge is 2.09. The highest BCUT2D eigenvalue weighted by Crippen LogP contribution is 2.27. The lowest BCUT2D eigenvalue weighted by Gasteiger charge is -2.10. The third-order valence-corrected chi connectivity index (χ3v) is 3.28. The fraction of sp³-hybridized carbons (Fsp3) is 0.286. The summed E-state index contributed by atoms with van der Waals surface area (Å²) in [6, 6.07) is 5.64. The number of anilines is 1. The Bertz CT molecular complexity index is 544. The lowest BCUT2D eigenvalue weighted by Crippen LogP contribution is -2.05. The number of nitrogens with one attached hydrogen (secondary N) is 1. The zero-order chi connectivity index (χ0) is 13.7. The first kappa shape index (κ1) is 14.1. The van der Waals surface area contributed by atoms with E-state index in [1.807, 2.05) is 12.1 Å². The normalized spacial score (nSPS) is 10.5. The lowest BCUT2D eigenvalue weighted by atomic mass is 10.1. The Balaban J connectivity index is 2.24. The second-order valence-electron chi connectivity index (χ2n) is 4.21. The van der Waals surface area contributed by atoms with Gasteiger partial charge in [0.15, 0.2) is 0 Å². The fourth-order valence-electron chi connectivity index (χ4n) is 1.69. The molecular weight excluding hydrogens is 281 g/mol. The molecule has 0 fully saturated rings. The third kappa shape index (κ3) is 3.82. The number of halogens is 2. The van der Waals surface area contributed by atoms with E-state index in [0.29, 0.717) is 22.3 Å². The number of aromatic nitrogens is 2. The van der Waals surface area contributed by atoms with Gasteiger partial charge in [-0.2, -0.15) is 0 Å². The van der Waals surface area contributed by atoms with Gasteiger partial charge in [0.05, 0.1) is 15.7 Å². The van der Waals surface area contributed by atoms with Gasteiger partial charge in [0.25, 0.3) is 0 Å². The zero-order valence-corrected chi connectivity index (χ0v) is 12.2. The molecule has 0 radical (unpaired) electrons. The average Bonchev–Trinajstić information content (AvgIpc) is 2.42. The van der Waals surface area contributed by atoms with E-state index < -0.39 is 0 Å². The second kappa shape index (κ2) is 6.73. The van der Waals surface area contributed by atoms with Gasteiger partial charge < -0.3 is 5.32 Å². The van der Waals surface area contributed by atoms with Crippen LogP contribution in [0.1, 0.15) is 24.6 Å². The fourth-order valence-corrected chi connectivity index (χ4v) is 2.18. The molecule has 2 rings (SSSR count). The number of hydrogen-bond acceptors (Lipinski definition) is 3. The van der Waals surface area contributed by atoms with E-state index in [-0.39, 0.29) is 0 Å². The van der Waals surface area contributed by atoms with Crippen molar-refractivity contribution in [3.63, 3.8) is 0 Å². The molecule has 0 aliphatic heterocycles. The lowest BCUT2D eigenvalue weighted by molar-refractivity contribution is 0.960. The minimum atomic E-state index is 0.553. The summed E-state index contributed by atoms with van der Waals surface area (Å²) in [5, 5.41) is 4.34. The molecule has 3 nitrogen and oxygen atoms in total. The SMILES string of the molecule is CCCNc1nc(Cc2ccncc2)c(Cl)cc1Cl. The van der Waals surface area contributed by atoms with Gasteiger partial charge in [-0.05, 0) is 30.2 Å². The Kier molecular flexibility index (Phi) is 5.00. The minimum absolute atomic E-state index is 0.553. The molecular formula is C14H15Cl2N3. The van der Waals surface area contributed by atoms with Crippen molar-refractivity contribution in [1.29, 1.82) is 0 Å². The monoisotopic (exact) mass is 295 g/mol. The maximum absolute atomic E-state index is 6.20. The number of hydrogen-bond donors (Lipinski definition) is 1. The summed E-state index contributed by atoms with van der Waals surface area (Å²) in [6.45, 7) is 2.93. The topological polar surface area (TPSA) is 37.8 Å². The molecule has 0 saturated heterocycles. The van der Waals surface area contributed by atoms with Gasteiger partial charge in [0, 0.05) is 25.4 Å². The number of pyridine rings is 2. The molecule has 0 saturated carbocycles. The van der Waals surface area contributed by atoms with Gasteiger partial charge >= 0.3 is 0 Å². The predicted octanol–water partition coefficient (Wildman–Crippen LogP) is 4.20. The van der Waals surface area contributed by atoms with E-state index in [1.54, 1.807) is 18.5 Å². The molecule has 0 bridgehead atoms. The quantitative estimate of drug-likeness (QED) is 0.898. The van der Waals surface area contributed by atoms with E-state index in [9.17, 15) is 0 Å². The Morgan fingerprint density at radius 1 is 1.16 bits per heavy atom. The molecule has 19 heavy (non-hydrogen) atoms. The number of nitrogens with zero attached hydrogens (tertiary/aromatic N) is 2. The van der Waals surface area contributed by atoms with Crippen LogP contribution >= 0.6 is 23.2 Å². The first-order chi connectivity index (χ1) is 9.20. The molecule has 0 aliphatic carbocycles. The third-order valence-electron chi connectivity index (χ3n) is 2.67. The summed E-state index contributed by atoms with van der Waals surface area (Å²) in [6.07, 6.45) is 5.20. The first-order valence-electron chi connectivity index (χ1n) is 6.18. The van der Waals surface area contributed by atoms with Crippen LogP contribution in [-0.4, -0.2) is 16.5 Å². The Labute approximate surface area is 123 Å². The summed E-state index contributed by atoms with van der Waals surface area (Å²) >= 11 is 12.3. The standard InChI is InChI=1S/C14H15Cl2N3/c1-2-5-18-14-12(16)9-11(15)13(19-14)8-10-3-6-17-7-4-10/h3-4,6-7,9H,2,5,8H2,1H3,(H,18,19). The Morgan fingerprint density at radius 2 is 1.89 bits per heavy atom. The van der Waals surface area contributed by atoms with Crippen molar-refractivity contribution >= 4 is 29.0 Å². The number of rotatable bonds is 5. The van der Waals surface area contributed by atoms with Gasteiger partial charge in [-0.3, -0.25) is 4.98 Å². The second-order valence-corrected chi connectivity index (χ2v) is 5.02. The van der Waals surface area contributed by atoms with Crippen molar-refractivity contribution in [1.82, 2.24) is 9.97 Å². The maximum Gasteiger partial charge on any atom is 0.145 e. The van der Waals surface area contributed by atoms with Crippen LogP contribution in [0.2, 0.25) is 10.0 Å². The van der Waals surface area contributed by atoms with Crippen LogP contribution in [0.25, 0.3) is 0 Å². The van der Waals surface area contributed by atoms with Gasteiger partial charge in [-0.15, -0.1) is 0 Å². The molecule has 5 heteroatoms. The minimum Gasteiger partial charge on any atom is -0.369 e. The molecule has 1 N–H and O–H groups in total. The van der Waals surface area contributed by atoms with Gasteiger partial charge in [-0.25, -0.2) is 4.98 Å². The van der Waals surface area contributed by atoms with Crippen LogP contribution in [0.4, 0.5) is 5.82 Å². The molecule has 0 aliphatic rings. The molecule has 2 aromatic heterocycles. The molecule has 0 atom stereocenters. The van der Waals surface area contributed by atoms with Crippen molar-refractivity contribution in [2.45, 2.75) is 19.8 Å². The van der Waals surface area contributed by atoms with E-state index in [2.05, 4.69) is 22.2 Å². The van der Waals surface area contributed by atoms with Crippen LogP contribution in [0.15, 0.2) is 30.6 Å². The summed E-state index contributed by atoms with van der Waals surface area (Å²) in [4.78, 5) is 8.50. The molecule has 100 valence electrons. The summed E-state index contributed by atoms with van der Waals surface area (Å²) in [5.74, 6) is 0.692. The van der Waals surface area contributed by atoms with Crippen LogP contribution in [0.3, 0.4) is 0 Å². The van der Waals surface area contributed by atoms with Crippen molar-refractivity contribution in [3.8, 4) is 0 Å². The van der Waals surface area contributed by atoms with Gasteiger partial charge in [0.2, 0.25) is 0 Å². The molecule has 0 unspecified atom stereocenters. The van der Waals surface area contributed by atoms with E-state index in [4.69, 9.17) is 23.2 Å². The summed E-state index contributed by atoms with van der Waals surface area (Å²) < 4.78 is 0. The average molecular weight is 296 g/mol. The predicted molar refractivity (Wildman–Crippen MR) is 80.1 cm³/mol. The van der Waals surface area contributed by atoms with Crippen molar-refractivity contribution in [2.24, 2.45) is 0 Å². The highest BCUT2D eigenvalue weighted by molar-refractivity contribution is 6.36. The van der Waals surface area contributed by atoms with Gasteiger partial charge in [-0.1, -0.05) is 30.1 Å².